The first-order chi connectivity index (χ1) is 13.5. The first-order valence-electron chi connectivity index (χ1n) is 9.59. The summed E-state index contributed by atoms with van der Waals surface area (Å²) in [6.07, 6.45) is 2.27. The van der Waals surface area contributed by atoms with Crippen molar-refractivity contribution in [1.82, 2.24) is 5.32 Å². The van der Waals surface area contributed by atoms with Gasteiger partial charge in [-0.1, -0.05) is 30.9 Å². The zero-order valence-electron chi connectivity index (χ0n) is 16.3. The fourth-order valence-corrected chi connectivity index (χ4v) is 4.68. The van der Waals surface area contributed by atoms with E-state index in [-0.39, 0.29) is 31.0 Å². The van der Waals surface area contributed by atoms with Gasteiger partial charge in [0.2, 0.25) is 15.9 Å². The predicted octanol–water partition coefficient (Wildman–Crippen LogP) is 4.60. The summed E-state index contributed by atoms with van der Waals surface area (Å²) in [5, 5.41) is 2.37. The number of alkyl halides is 3. The Labute approximate surface area is 174 Å². The van der Waals surface area contributed by atoms with E-state index in [1.165, 1.54) is 25.3 Å². The molecule has 0 bridgehead atoms. The highest BCUT2D eigenvalue weighted by atomic mass is 35.5. The molecule has 164 valence electrons. The summed E-state index contributed by atoms with van der Waals surface area (Å²) < 4.78 is 64.3. The van der Waals surface area contributed by atoms with Crippen LogP contribution >= 0.6 is 11.6 Å². The molecule has 0 spiro atoms. The number of amides is 1. The molecular formula is C19H26ClF3N2O3S. The second-order valence-corrected chi connectivity index (χ2v) is 9.72. The molecule has 1 aliphatic carbocycles. The molecule has 2 rings (SSSR count). The largest absolute Gasteiger partial charge is 0.417 e. The van der Waals surface area contributed by atoms with E-state index in [1.54, 1.807) is 0 Å². The van der Waals surface area contributed by atoms with Gasteiger partial charge < -0.3 is 5.32 Å². The third kappa shape index (κ3) is 7.37. The lowest BCUT2D eigenvalue weighted by atomic mass is 9.89. The summed E-state index contributed by atoms with van der Waals surface area (Å²) in [6, 6.07) is 2.96. The van der Waals surface area contributed by atoms with E-state index in [4.69, 9.17) is 11.6 Å². The maximum Gasteiger partial charge on any atom is 0.417 e. The van der Waals surface area contributed by atoms with Crippen LogP contribution in [0.1, 0.15) is 50.5 Å². The second kappa shape index (κ2) is 10.0. The highest BCUT2D eigenvalue weighted by Crippen LogP contribution is 2.37. The van der Waals surface area contributed by atoms with Crippen molar-refractivity contribution in [1.29, 1.82) is 0 Å². The Morgan fingerprint density at radius 3 is 2.48 bits per heavy atom. The number of nitrogens with one attached hydrogen (secondary N) is 1. The summed E-state index contributed by atoms with van der Waals surface area (Å²) in [4.78, 5) is 12.0. The van der Waals surface area contributed by atoms with Gasteiger partial charge in [-0.25, -0.2) is 8.42 Å². The topological polar surface area (TPSA) is 66.5 Å². The second-order valence-electron chi connectivity index (χ2n) is 7.41. The third-order valence-corrected chi connectivity index (χ3v) is 6.54. The van der Waals surface area contributed by atoms with Gasteiger partial charge in [-0.3, -0.25) is 9.10 Å². The molecule has 0 atom stereocenters. The van der Waals surface area contributed by atoms with Crippen molar-refractivity contribution in [3.8, 4) is 0 Å². The summed E-state index contributed by atoms with van der Waals surface area (Å²) in [6.45, 7) is 0.509. The van der Waals surface area contributed by atoms with Crippen LogP contribution in [0.2, 0.25) is 5.02 Å². The van der Waals surface area contributed by atoms with Crippen LogP contribution in [0.3, 0.4) is 0 Å². The lowest BCUT2D eigenvalue weighted by Gasteiger charge is -2.24. The Morgan fingerprint density at radius 2 is 1.90 bits per heavy atom. The number of nitrogens with zero attached hydrogens (tertiary/aromatic N) is 1. The molecule has 1 N–H and O–H groups in total. The number of carbonyl (C=O) groups excluding carboxylic acids is 1. The third-order valence-electron chi connectivity index (χ3n) is 5.02. The van der Waals surface area contributed by atoms with Crippen LogP contribution in [0.5, 0.6) is 0 Å². The summed E-state index contributed by atoms with van der Waals surface area (Å²) in [5.41, 5.74) is -1.23. The van der Waals surface area contributed by atoms with E-state index in [0.717, 1.165) is 29.5 Å². The number of anilines is 1. The van der Waals surface area contributed by atoms with Gasteiger partial charge in [0.15, 0.2) is 0 Å². The summed E-state index contributed by atoms with van der Waals surface area (Å²) >= 11 is 5.60. The van der Waals surface area contributed by atoms with Crippen molar-refractivity contribution in [3.05, 3.63) is 28.8 Å². The average molecular weight is 455 g/mol. The first-order valence-corrected chi connectivity index (χ1v) is 11.8. The lowest BCUT2D eigenvalue weighted by Crippen LogP contribution is -2.33. The molecule has 0 aliphatic heterocycles. The smallest absolute Gasteiger partial charge is 0.356 e. The normalized spacial score (nSPS) is 15.9. The Morgan fingerprint density at radius 1 is 1.24 bits per heavy atom. The highest BCUT2D eigenvalue weighted by Gasteiger charge is 2.34. The fraction of sp³-hybridized carbons (Fsp3) is 0.632. The highest BCUT2D eigenvalue weighted by molar-refractivity contribution is 7.92. The van der Waals surface area contributed by atoms with E-state index >= 15 is 0 Å². The van der Waals surface area contributed by atoms with Crippen LogP contribution in [-0.4, -0.2) is 33.7 Å². The van der Waals surface area contributed by atoms with Crippen LogP contribution in [0, 0.1) is 5.92 Å². The first kappa shape index (κ1) is 23.8. The Hall–Kier alpha value is -1.48. The van der Waals surface area contributed by atoms with E-state index in [2.05, 4.69) is 5.32 Å². The van der Waals surface area contributed by atoms with Crippen molar-refractivity contribution in [3.63, 3.8) is 0 Å². The molecule has 1 aromatic rings. The van der Waals surface area contributed by atoms with Gasteiger partial charge in [-0.15, -0.1) is 0 Å². The maximum atomic E-state index is 13.1. The predicted molar refractivity (Wildman–Crippen MR) is 107 cm³/mol. The molecule has 1 amide bonds. The minimum absolute atomic E-state index is 0.0957. The van der Waals surface area contributed by atoms with Crippen LogP contribution in [0.25, 0.3) is 0 Å². The Kier molecular flexibility index (Phi) is 8.22. The number of carbonyl (C=O) groups is 1. The van der Waals surface area contributed by atoms with Gasteiger partial charge in [-0.2, -0.15) is 13.2 Å². The standard InChI is InChI=1S/C19H26ClF3N2O3S/c1-29(27,28)25(15-9-10-17(20)16(12-15)19(21,22)23)11-5-8-18(26)24-13-14-6-3-2-4-7-14/h9-10,12,14H,2-8,11,13H2,1H3,(H,24,26). The summed E-state index contributed by atoms with van der Waals surface area (Å²) in [5.74, 6) is 0.297. The average Bonchev–Trinajstić information content (AvgIpc) is 2.63. The molecule has 10 heteroatoms. The molecular weight excluding hydrogens is 429 g/mol. The Bertz CT molecular complexity index is 809. The quantitative estimate of drug-likeness (QED) is 0.624. The van der Waals surface area contributed by atoms with Gasteiger partial charge in [0.1, 0.15) is 0 Å². The number of halogens is 4. The van der Waals surface area contributed by atoms with Crippen LogP contribution in [0.15, 0.2) is 18.2 Å². The minimum Gasteiger partial charge on any atom is -0.356 e. The van der Waals surface area contributed by atoms with E-state index in [9.17, 15) is 26.4 Å². The molecule has 1 saturated carbocycles. The monoisotopic (exact) mass is 454 g/mol. The molecule has 29 heavy (non-hydrogen) atoms. The SMILES string of the molecule is CS(=O)(=O)N(CCCC(=O)NCC1CCCCC1)c1ccc(Cl)c(C(F)(F)F)c1. The molecule has 0 heterocycles. The molecule has 1 aromatic carbocycles. The van der Waals surface area contributed by atoms with Crippen molar-refractivity contribution in [2.24, 2.45) is 5.92 Å². The zero-order valence-corrected chi connectivity index (χ0v) is 17.8. The Balaban J connectivity index is 1.97. The van der Waals surface area contributed by atoms with Crippen molar-refractivity contribution in [2.45, 2.75) is 51.1 Å². The molecule has 0 aromatic heterocycles. The summed E-state index contributed by atoms with van der Waals surface area (Å²) in [7, 11) is -3.83. The maximum absolute atomic E-state index is 13.1. The van der Waals surface area contributed by atoms with Gasteiger partial charge in [0.05, 0.1) is 22.5 Å². The van der Waals surface area contributed by atoms with Gasteiger partial charge in [0, 0.05) is 19.5 Å². The number of benzene rings is 1. The number of hydrogen-bond acceptors (Lipinski definition) is 3. The molecule has 0 saturated heterocycles. The molecule has 0 unspecified atom stereocenters. The lowest BCUT2D eigenvalue weighted by molar-refractivity contribution is -0.137. The van der Waals surface area contributed by atoms with Crippen LogP contribution < -0.4 is 9.62 Å². The molecule has 0 radical (unpaired) electrons. The molecule has 5 nitrogen and oxygen atoms in total. The minimum atomic E-state index is -4.70. The van der Waals surface area contributed by atoms with Gasteiger partial charge in [0.25, 0.3) is 0 Å². The van der Waals surface area contributed by atoms with Gasteiger partial charge >= 0.3 is 6.18 Å². The molecule has 1 aliphatic rings. The van der Waals surface area contributed by atoms with E-state index in [0.29, 0.717) is 18.5 Å². The fourth-order valence-electron chi connectivity index (χ4n) is 3.49. The zero-order chi connectivity index (χ0) is 21.7. The van der Waals surface area contributed by atoms with Crippen molar-refractivity contribution >= 4 is 33.2 Å². The van der Waals surface area contributed by atoms with Crippen LogP contribution in [0.4, 0.5) is 18.9 Å². The van der Waals surface area contributed by atoms with Crippen LogP contribution in [-0.2, 0) is 21.0 Å². The van der Waals surface area contributed by atoms with E-state index in [1.807, 2.05) is 0 Å². The van der Waals surface area contributed by atoms with Crippen molar-refractivity contribution < 1.29 is 26.4 Å². The molecule has 1 fully saturated rings. The van der Waals surface area contributed by atoms with Gasteiger partial charge in [-0.05, 0) is 43.4 Å². The van der Waals surface area contributed by atoms with E-state index < -0.39 is 26.8 Å². The number of rotatable bonds is 8. The number of sulfonamides is 1. The van der Waals surface area contributed by atoms with Crippen molar-refractivity contribution in [2.75, 3.05) is 23.7 Å². The number of hydrogen-bond donors (Lipinski definition) is 1.